The van der Waals surface area contributed by atoms with Crippen molar-refractivity contribution in [3.63, 3.8) is 0 Å². The fraction of sp³-hybridized carbons (Fsp3) is 0.0556. The number of carbonyl (C=O) groups excluding carboxylic acids is 1. The Bertz CT molecular complexity index is 1150. The highest BCUT2D eigenvalue weighted by molar-refractivity contribution is 7.15. The van der Waals surface area contributed by atoms with Crippen molar-refractivity contribution in [1.29, 1.82) is 0 Å². The first-order valence-corrected chi connectivity index (χ1v) is 8.83. The van der Waals surface area contributed by atoms with Gasteiger partial charge in [0.2, 0.25) is 0 Å². The van der Waals surface area contributed by atoms with Crippen LogP contribution in [-0.4, -0.2) is 39.0 Å². The molecule has 0 saturated carbocycles. The molecule has 0 spiro atoms. The second-order valence-electron chi connectivity index (χ2n) is 5.56. The third kappa shape index (κ3) is 3.16. The molecule has 0 fully saturated rings. The van der Waals surface area contributed by atoms with Gasteiger partial charge in [0.15, 0.2) is 5.58 Å². The third-order valence-electron chi connectivity index (χ3n) is 3.84. The van der Waals surface area contributed by atoms with E-state index < -0.39 is 11.9 Å². The molecule has 1 amide bonds. The van der Waals surface area contributed by atoms with Gasteiger partial charge in [-0.05, 0) is 12.1 Å². The predicted molar refractivity (Wildman–Crippen MR) is 101 cm³/mol. The Kier molecular flexibility index (Phi) is 4.45. The summed E-state index contributed by atoms with van der Waals surface area (Å²) in [6, 6.07) is 7.11. The van der Waals surface area contributed by atoms with E-state index >= 15 is 0 Å². The van der Waals surface area contributed by atoms with Crippen LogP contribution >= 0.6 is 11.3 Å². The van der Waals surface area contributed by atoms with Crippen molar-refractivity contribution in [2.75, 3.05) is 12.4 Å². The number of methoxy groups -OCH3 is 1. The number of rotatable bonds is 5. The number of anilines is 1. The highest BCUT2D eigenvalue weighted by atomic mass is 32.1. The lowest BCUT2D eigenvalue weighted by molar-refractivity contribution is 0.0699. The Balaban J connectivity index is 1.66. The number of fused-ring (bicyclic) bond motifs is 1. The number of oxazole rings is 1. The first kappa shape index (κ1) is 17.6. The Hall–Kier alpha value is -3.79. The van der Waals surface area contributed by atoms with Gasteiger partial charge in [0, 0.05) is 28.9 Å². The lowest BCUT2D eigenvalue weighted by Crippen LogP contribution is -2.13. The molecule has 0 bridgehead atoms. The van der Waals surface area contributed by atoms with Gasteiger partial charge in [-0.3, -0.25) is 4.79 Å². The Morgan fingerprint density at radius 1 is 1.21 bits per heavy atom. The van der Waals surface area contributed by atoms with Crippen molar-refractivity contribution in [3.8, 4) is 17.1 Å². The summed E-state index contributed by atoms with van der Waals surface area (Å²) in [5, 5.41) is 14.0. The van der Waals surface area contributed by atoms with E-state index in [2.05, 4.69) is 20.3 Å². The second-order valence-corrected chi connectivity index (χ2v) is 6.44. The second kappa shape index (κ2) is 7.08. The monoisotopic (exact) mass is 396 g/mol. The van der Waals surface area contributed by atoms with Crippen LogP contribution in [0.1, 0.15) is 21.0 Å². The summed E-state index contributed by atoms with van der Waals surface area (Å²) in [7, 11) is 1.43. The summed E-state index contributed by atoms with van der Waals surface area (Å²) < 4.78 is 10.3. The fourth-order valence-electron chi connectivity index (χ4n) is 2.56. The number of aromatic nitrogens is 3. The number of thiophene rings is 1. The van der Waals surface area contributed by atoms with Crippen LogP contribution in [0, 0.1) is 0 Å². The quantitative estimate of drug-likeness (QED) is 0.526. The molecule has 0 aliphatic carbocycles. The first-order chi connectivity index (χ1) is 13.6. The molecule has 4 aromatic rings. The zero-order valence-electron chi connectivity index (χ0n) is 14.4. The third-order valence-corrected chi connectivity index (χ3v) is 4.74. The number of para-hydroxylation sites is 2. The van der Waals surface area contributed by atoms with Crippen LogP contribution in [0.4, 0.5) is 5.00 Å². The Morgan fingerprint density at radius 3 is 2.64 bits per heavy atom. The molecule has 3 aromatic heterocycles. The normalized spacial score (nSPS) is 10.8. The average Bonchev–Trinajstić information content (AvgIpc) is 3.32. The summed E-state index contributed by atoms with van der Waals surface area (Å²) in [4.78, 5) is 36.4. The predicted octanol–water partition coefficient (Wildman–Crippen LogP) is 3.31. The van der Waals surface area contributed by atoms with Crippen molar-refractivity contribution < 1.29 is 23.8 Å². The summed E-state index contributed by atoms with van der Waals surface area (Å²) >= 11 is 1.07. The SMILES string of the molecule is COc1ncc(-c2csc(NC(=O)c3nc4ccccc4o3)c2C(=O)O)cn1. The maximum atomic E-state index is 12.5. The largest absolute Gasteiger partial charge is 0.478 e. The molecule has 4 rings (SSSR count). The van der Waals surface area contributed by atoms with Crippen LogP contribution in [0.15, 0.2) is 46.5 Å². The zero-order chi connectivity index (χ0) is 19.7. The first-order valence-electron chi connectivity index (χ1n) is 7.95. The Morgan fingerprint density at radius 2 is 1.96 bits per heavy atom. The zero-order valence-corrected chi connectivity index (χ0v) is 15.2. The van der Waals surface area contributed by atoms with Gasteiger partial charge in [-0.1, -0.05) is 12.1 Å². The number of carboxylic acid groups (broad SMARTS) is 1. The smallest absolute Gasteiger partial charge is 0.339 e. The molecule has 140 valence electrons. The van der Waals surface area contributed by atoms with Crippen molar-refractivity contribution in [1.82, 2.24) is 15.0 Å². The molecule has 0 unspecified atom stereocenters. The average molecular weight is 396 g/mol. The number of benzene rings is 1. The van der Waals surface area contributed by atoms with Crippen LogP contribution in [0.25, 0.3) is 22.2 Å². The van der Waals surface area contributed by atoms with E-state index in [0.29, 0.717) is 22.2 Å². The number of nitrogens with zero attached hydrogens (tertiary/aromatic N) is 3. The molecule has 0 atom stereocenters. The molecule has 9 nitrogen and oxygen atoms in total. The maximum Gasteiger partial charge on any atom is 0.339 e. The highest BCUT2D eigenvalue weighted by Gasteiger charge is 2.23. The highest BCUT2D eigenvalue weighted by Crippen LogP contribution is 2.35. The number of ether oxygens (including phenoxy) is 1. The molecular formula is C18H12N4O5S. The van der Waals surface area contributed by atoms with Crippen LogP contribution in [0.5, 0.6) is 6.01 Å². The van der Waals surface area contributed by atoms with Gasteiger partial charge in [0.25, 0.3) is 5.89 Å². The van der Waals surface area contributed by atoms with Crippen LogP contribution in [0.3, 0.4) is 0 Å². The topological polar surface area (TPSA) is 127 Å². The van der Waals surface area contributed by atoms with Gasteiger partial charge in [-0.2, -0.15) is 0 Å². The summed E-state index contributed by atoms with van der Waals surface area (Å²) in [6.45, 7) is 0. The minimum absolute atomic E-state index is 0.0665. The molecule has 0 aliphatic rings. The lowest BCUT2D eigenvalue weighted by Gasteiger charge is -2.04. The maximum absolute atomic E-state index is 12.5. The van der Waals surface area contributed by atoms with Crippen LogP contribution < -0.4 is 10.1 Å². The molecule has 0 radical (unpaired) electrons. The van der Waals surface area contributed by atoms with E-state index in [1.807, 2.05) is 0 Å². The van der Waals surface area contributed by atoms with Gasteiger partial charge in [-0.25, -0.2) is 19.7 Å². The molecule has 3 heterocycles. The van der Waals surface area contributed by atoms with Gasteiger partial charge < -0.3 is 19.6 Å². The number of nitrogens with one attached hydrogen (secondary N) is 1. The Labute approximate surface area is 161 Å². The van der Waals surface area contributed by atoms with Gasteiger partial charge in [0.1, 0.15) is 16.1 Å². The molecule has 1 aromatic carbocycles. The number of amides is 1. The summed E-state index contributed by atoms with van der Waals surface area (Å²) in [6.07, 6.45) is 2.90. The van der Waals surface area contributed by atoms with Crippen LogP contribution in [-0.2, 0) is 0 Å². The molecule has 0 saturated heterocycles. The minimum Gasteiger partial charge on any atom is -0.478 e. The van der Waals surface area contributed by atoms with Crippen molar-refractivity contribution >= 4 is 39.3 Å². The van der Waals surface area contributed by atoms with E-state index in [4.69, 9.17) is 9.15 Å². The molecule has 28 heavy (non-hydrogen) atoms. The van der Waals surface area contributed by atoms with E-state index in [9.17, 15) is 14.7 Å². The standard InChI is InChI=1S/C18H12N4O5S/c1-26-18-19-6-9(7-20-18)10-8-28-16(13(10)17(24)25)22-14(23)15-21-11-4-2-3-5-12(11)27-15/h2-8H,1H3,(H,22,23)(H,24,25). The molecular weight excluding hydrogens is 384 g/mol. The van der Waals surface area contributed by atoms with E-state index in [0.717, 1.165) is 11.3 Å². The van der Waals surface area contributed by atoms with E-state index in [1.54, 1.807) is 29.6 Å². The number of aromatic carboxylic acids is 1. The lowest BCUT2D eigenvalue weighted by atomic mass is 10.1. The minimum atomic E-state index is -1.19. The molecule has 0 aliphatic heterocycles. The van der Waals surface area contributed by atoms with E-state index in [1.165, 1.54) is 19.5 Å². The summed E-state index contributed by atoms with van der Waals surface area (Å²) in [5.41, 5.74) is 1.80. The van der Waals surface area contributed by atoms with Crippen molar-refractivity contribution in [2.24, 2.45) is 0 Å². The number of hydrogen-bond donors (Lipinski definition) is 2. The fourth-order valence-corrected chi connectivity index (χ4v) is 3.52. The van der Waals surface area contributed by atoms with Gasteiger partial charge >= 0.3 is 17.9 Å². The van der Waals surface area contributed by atoms with E-state index in [-0.39, 0.29) is 22.5 Å². The molecule has 2 N–H and O–H groups in total. The number of carbonyl (C=O) groups is 2. The van der Waals surface area contributed by atoms with Gasteiger partial charge in [0.05, 0.1) is 7.11 Å². The van der Waals surface area contributed by atoms with Crippen molar-refractivity contribution in [3.05, 3.63) is 53.5 Å². The number of carboxylic acids is 1. The molecule has 10 heteroatoms. The van der Waals surface area contributed by atoms with Crippen LogP contribution in [0.2, 0.25) is 0 Å². The van der Waals surface area contributed by atoms with Crippen molar-refractivity contribution in [2.45, 2.75) is 0 Å². The van der Waals surface area contributed by atoms with Gasteiger partial charge in [-0.15, -0.1) is 11.3 Å². The number of hydrogen-bond acceptors (Lipinski definition) is 8. The summed E-state index contributed by atoms with van der Waals surface area (Å²) in [5.74, 6) is -1.99.